The van der Waals surface area contributed by atoms with Gasteiger partial charge in [0.25, 0.3) is 0 Å². The van der Waals surface area contributed by atoms with Crippen LogP contribution in [0.3, 0.4) is 0 Å². The number of hydrogen-bond acceptors (Lipinski definition) is 1. The van der Waals surface area contributed by atoms with Crippen molar-refractivity contribution in [2.75, 3.05) is 0 Å². The highest BCUT2D eigenvalue weighted by molar-refractivity contribution is 5.13. The first-order chi connectivity index (χ1) is 7.45. The molecule has 0 aromatic rings. The highest BCUT2D eigenvalue weighted by atomic mass is 14.9. The lowest BCUT2D eigenvalue weighted by molar-refractivity contribution is 0.679. The second-order valence-electron chi connectivity index (χ2n) is 4.78. The van der Waals surface area contributed by atoms with Crippen molar-refractivity contribution in [1.82, 2.24) is 5.32 Å². The lowest BCUT2D eigenvalue weighted by Crippen LogP contribution is -2.12. The van der Waals surface area contributed by atoms with Gasteiger partial charge < -0.3 is 5.32 Å². The van der Waals surface area contributed by atoms with E-state index in [0.717, 1.165) is 0 Å². The van der Waals surface area contributed by atoms with Gasteiger partial charge in [-0.25, -0.2) is 0 Å². The van der Waals surface area contributed by atoms with E-state index in [4.69, 9.17) is 0 Å². The largest absolute Gasteiger partial charge is 0.363 e. The normalized spacial score (nSPS) is 23.5. The van der Waals surface area contributed by atoms with Gasteiger partial charge in [0, 0.05) is 11.4 Å². The molecule has 0 aromatic carbocycles. The molecule has 1 heteroatoms. The molecular weight excluding hydrogens is 182 g/mol. The fraction of sp³-hybridized carbons (Fsp3) is 0.714. The first-order valence-corrected chi connectivity index (χ1v) is 6.60. The van der Waals surface area contributed by atoms with Gasteiger partial charge in [0.2, 0.25) is 0 Å². The van der Waals surface area contributed by atoms with Crippen LogP contribution in [0, 0.1) is 0 Å². The molecule has 0 fully saturated rings. The predicted molar refractivity (Wildman–Crippen MR) is 65.5 cm³/mol. The van der Waals surface area contributed by atoms with E-state index in [-0.39, 0.29) is 0 Å². The lowest BCUT2D eigenvalue weighted by Gasteiger charge is -2.12. The molecule has 0 radical (unpaired) electrons. The van der Waals surface area contributed by atoms with Gasteiger partial charge in [-0.3, -0.25) is 0 Å². The molecular formula is C14H23N. The van der Waals surface area contributed by atoms with Gasteiger partial charge in [-0.2, -0.15) is 0 Å². The lowest BCUT2D eigenvalue weighted by atomic mass is 10.2. The number of allylic oxidation sites excluding steroid dienone is 4. The molecule has 0 atom stereocenters. The summed E-state index contributed by atoms with van der Waals surface area (Å²) in [5.41, 5.74) is 2.97. The molecule has 0 heterocycles. The molecule has 0 spiro atoms. The average molecular weight is 205 g/mol. The Bertz CT molecular complexity index is 224. The summed E-state index contributed by atoms with van der Waals surface area (Å²) < 4.78 is 0. The SMILES string of the molecule is C1=C(NC2=CCCCCC2)CCCCC1. The Kier molecular flexibility index (Phi) is 4.31. The fourth-order valence-electron chi connectivity index (χ4n) is 2.46. The van der Waals surface area contributed by atoms with Gasteiger partial charge >= 0.3 is 0 Å². The first kappa shape index (κ1) is 10.8. The van der Waals surface area contributed by atoms with E-state index in [9.17, 15) is 0 Å². The average Bonchev–Trinajstić information content (AvgIpc) is 2.63. The Hall–Kier alpha value is -0.720. The highest BCUT2D eigenvalue weighted by Gasteiger charge is 2.06. The Morgan fingerprint density at radius 3 is 1.73 bits per heavy atom. The standard InChI is InChI=1S/C14H23N/c1-2-6-10-13(9-5-1)15-14-11-7-3-4-8-12-14/h9,11,15H,1-8,10,12H2. The van der Waals surface area contributed by atoms with Gasteiger partial charge in [0.05, 0.1) is 0 Å². The smallest absolute Gasteiger partial charge is 0.0108 e. The molecule has 2 rings (SSSR count). The van der Waals surface area contributed by atoms with Crippen molar-refractivity contribution in [3.8, 4) is 0 Å². The van der Waals surface area contributed by atoms with Crippen molar-refractivity contribution in [3.63, 3.8) is 0 Å². The van der Waals surface area contributed by atoms with Crippen LogP contribution in [-0.2, 0) is 0 Å². The number of nitrogens with one attached hydrogen (secondary N) is 1. The summed E-state index contributed by atoms with van der Waals surface area (Å²) in [6.45, 7) is 0. The Balaban J connectivity index is 1.88. The van der Waals surface area contributed by atoms with E-state index in [0.29, 0.717) is 0 Å². The summed E-state index contributed by atoms with van der Waals surface area (Å²) in [7, 11) is 0. The molecule has 2 aliphatic carbocycles. The molecule has 0 aliphatic heterocycles. The number of rotatable bonds is 2. The summed E-state index contributed by atoms with van der Waals surface area (Å²) >= 11 is 0. The maximum Gasteiger partial charge on any atom is 0.0108 e. The second-order valence-corrected chi connectivity index (χ2v) is 4.78. The van der Waals surface area contributed by atoms with E-state index >= 15 is 0 Å². The minimum Gasteiger partial charge on any atom is -0.363 e. The molecule has 0 bridgehead atoms. The van der Waals surface area contributed by atoms with Crippen LogP contribution in [0.15, 0.2) is 23.5 Å². The molecule has 0 amide bonds. The van der Waals surface area contributed by atoms with Gasteiger partial charge in [0.1, 0.15) is 0 Å². The van der Waals surface area contributed by atoms with Gasteiger partial charge in [-0.15, -0.1) is 0 Å². The summed E-state index contributed by atoms with van der Waals surface area (Å²) in [6.07, 6.45) is 18.2. The van der Waals surface area contributed by atoms with Crippen LogP contribution in [0.2, 0.25) is 0 Å². The molecule has 0 saturated carbocycles. The molecule has 84 valence electrons. The Labute approximate surface area is 93.6 Å². The van der Waals surface area contributed by atoms with E-state index < -0.39 is 0 Å². The van der Waals surface area contributed by atoms with Crippen LogP contribution in [0.25, 0.3) is 0 Å². The monoisotopic (exact) mass is 205 g/mol. The third-order valence-electron chi connectivity index (χ3n) is 3.40. The highest BCUT2D eigenvalue weighted by Crippen LogP contribution is 2.20. The third-order valence-corrected chi connectivity index (χ3v) is 3.40. The van der Waals surface area contributed by atoms with E-state index in [2.05, 4.69) is 17.5 Å². The topological polar surface area (TPSA) is 12.0 Å². The van der Waals surface area contributed by atoms with Crippen molar-refractivity contribution < 1.29 is 0 Å². The second kappa shape index (κ2) is 5.99. The van der Waals surface area contributed by atoms with Gasteiger partial charge in [-0.05, 0) is 51.4 Å². The van der Waals surface area contributed by atoms with Crippen molar-refractivity contribution in [3.05, 3.63) is 23.5 Å². The minimum atomic E-state index is 1.26. The maximum absolute atomic E-state index is 3.66. The van der Waals surface area contributed by atoms with Crippen molar-refractivity contribution in [2.24, 2.45) is 0 Å². The third kappa shape index (κ3) is 3.73. The summed E-state index contributed by atoms with van der Waals surface area (Å²) in [5, 5.41) is 3.66. The molecule has 0 unspecified atom stereocenters. The summed E-state index contributed by atoms with van der Waals surface area (Å²) in [6, 6.07) is 0. The van der Waals surface area contributed by atoms with Crippen molar-refractivity contribution >= 4 is 0 Å². The predicted octanol–water partition coefficient (Wildman–Crippen LogP) is 4.27. The van der Waals surface area contributed by atoms with E-state index in [1.54, 1.807) is 0 Å². The van der Waals surface area contributed by atoms with Crippen LogP contribution in [0.5, 0.6) is 0 Å². The minimum absolute atomic E-state index is 1.26. The first-order valence-electron chi connectivity index (χ1n) is 6.60. The summed E-state index contributed by atoms with van der Waals surface area (Å²) in [4.78, 5) is 0. The van der Waals surface area contributed by atoms with E-state index in [1.165, 1.54) is 75.6 Å². The molecule has 0 saturated heterocycles. The Morgan fingerprint density at radius 2 is 1.20 bits per heavy atom. The van der Waals surface area contributed by atoms with Gasteiger partial charge in [0.15, 0.2) is 0 Å². The zero-order valence-electron chi connectivity index (χ0n) is 9.73. The molecule has 1 N–H and O–H groups in total. The Morgan fingerprint density at radius 1 is 0.667 bits per heavy atom. The zero-order valence-corrected chi connectivity index (χ0v) is 9.73. The van der Waals surface area contributed by atoms with Crippen LogP contribution in [0.4, 0.5) is 0 Å². The summed E-state index contributed by atoms with van der Waals surface area (Å²) in [5.74, 6) is 0. The maximum atomic E-state index is 3.66. The van der Waals surface area contributed by atoms with E-state index in [1.807, 2.05) is 0 Å². The zero-order chi connectivity index (χ0) is 10.3. The molecule has 2 aliphatic rings. The van der Waals surface area contributed by atoms with Crippen molar-refractivity contribution in [2.45, 2.75) is 64.2 Å². The van der Waals surface area contributed by atoms with Crippen LogP contribution in [-0.4, -0.2) is 0 Å². The fourth-order valence-corrected chi connectivity index (χ4v) is 2.46. The van der Waals surface area contributed by atoms with Crippen LogP contribution in [0.1, 0.15) is 64.2 Å². The van der Waals surface area contributed by atoms with Crippen LogP contribution >= 0.6 is 0 Å². The van der Waals surface area contributed by atoms with Crippen molar-refractivity contribution in [1.29, 1.82) is 0 Å². The van der Waals surface area contributed by atoms with Gasteiger partial charge in [-0.1, -0.05) is 25.0 Å². The molecule has 15 heavy (non-hydrogen) atoms. The number of hydrogen-bond donors (Lipinski definition) is 1. The van der Waals surface area contributed by atoms with Crippen LogP contribution < -0.4 is 5.32 Å². The molecule has 1 nitrogen and oxygen atoms in total. The quantitative estimate of drug-likeness (QED) is 0.709. The molecule has 0 aromatic heterocycles.